The number of nitrogens with zero attached hydrogens (tertiary/aromatic N) is 1. The number of aromatic amines is 1. The number of hydrogen-bond donors (Lipinski definition) is 1. The second-order valence-corrected chi connectivity index (χ2v) is 10.0. The van der Waals surface area contributed by atoms with E-state index < -0.39 is 40.1 Å². The minimum Gasteiger partial charge on any atom is -0.454 e. The van der Waals surface area contributed by atoms with Crippen molar-refractivity contribution in [3.8, 4) is 0 Å². The molecule has 38 heavy (non-hydrogen) atoms. The highest BCUT2D eigenvalue weighted by Crippen LogP contribution is 2.33. The number of rotatable bonds is 9. The third-order valence-corrected chi connectivity index (χ3v) is 7.43. The maximum absolute atomic E-state index is 13.4. The molecule has 0 atom stereocenters. The average Bonchev–Trinajstić information content (AvgIpc) is 3.34. The number of benzene rings is 3. The van der Waals surface area contributed by atoms with Crippen molar-refractivity contribution in [2.45, 2.75) is 11.1 Å². The van der Waals surface area contributed by atoms with Gasteiger partial charge in [0.2, 0.25) is 5.78 Å². The van der Waals surface area contributed by atoms with Crippen molar-refractivity contribution in [3.63, 3.8) is 0 Å². The minimum atomic E-state index is -4.67. The van der Waals surface area contributed by atoms with Gasteiger partial charge in [0.25, 0.3) is 10.0 Å². The van der Waals surface area contributed by atoms with Crippen molar-refractivity contribution in [2.75, 3.05) is 17.5 Å². The number of aromatic nitrogens is 1. The maximum atomic E-state index is 13.4. The molecule has 0 amide bonds. The molecule has 0 aliphatic carbocycles. The number of fused-ring (bicyclic) bond motifs is 1. The van der Waals surface area contributed by atoms with Gasteiger partial charge in [-0.1, -0.05) is 36.4 Å². The van der Waals surface area contributed by atoms with E-state index in [0.717, 1.165) is 34.1 Å². The zero-order chi connectivity index (χ0) is 27.5. The topological polar surface area (TPSA) is 96.5 Å². The van der Waals surface area contributed by atoms with Crippen LogP contribution >= 0.6 is 0 Å². The molecule has 1 heterocycles. The lowest BCUT2D eigenvalue weighted by Crippen LogP contribution is -2.31. The summed E-state index contributed by atoms with van der Waals surface area (Å²) >= 11 is 0. The van der Waals surface area contributed by atoms with E-state index in [-0.39, 0.29) is 22.7 Å². The largest absolute Gasteiger partial charge is 0.454 e. The average molecular weight is 543 g/mol. The molecule has 0 spiro atoms. The van der Waals surface area contributed by atoms with Gasteiger partial charge < -0.3 is 9.72 Å². The highest BCUT2D eigenvalue weighted by molar-refractivity contribution is 7.92. The van der Waals surface area contributed by atoms with Gasteiger partial charge in [-0.2, -0.15) is 13.2 Å². The van der Waals surface area contributed by atoms with E-state index in [1.807, 2.05) is 0 Å². The number of Topliss-reactive ketones (excluding diaryl/α,β-unsaturated/α-hetero) is 1. The Kier molecular flexibility index (Phi) is 7.40. The molecule has 1 aromatic heterocycles. The Morgan fingerprint density at radius 2 is 1.74 bits per heavy atom. The van der Waals surface area contributed by atoms with Crippen LogP contribution in [0, 0.1) is 0 Å². The Bertz CT molecular complexity index is 1630. The van der Waals surface area contributed by atoms with Gasteiger partial charge in [-0.15, -0.1) is 6.58 Å². The fourth-order valence-corrected chi connectivity index (χ4v) is 5.28. The predicted molar refractivity (Wildman–Crippen MR) is 136 cm³/mol. The van der Waals surface area contributed by atoms with E-state index in [0.29, 0.717) is 10.9 Å². The molecule has 0 saturated carbocycles. The van der Waals surface area contributed by atoms with Crippen LogP contribution in [0.3, 0.4) is 0 Å². The summed E-state index contributed by atoms with van der Waals surface area (Å²) < 4.78 is 72.3. The number of carbonyl (C=O) groups excluding carboxylic acids is 2. The van der Waals surface area contributed by atoms with Gasteiger partial charge in [0.05, 0.1) is 28.3 Å². The Balaban J connectivity index is 1.56. The zero-order valence-electron chi connectivity index (χ0n) is 19.7. The van der Waals surface area contributed by atoms with Gasteiger partial charge in [0.1, 0.15) is 0 Å². The molecular formula is C27H21F3N2O5S. The summed E-state index contributed by atoms with van der Waals surface area (Å²) in [6, 6.07) is 15.8. The monoisotopic (exact) mass is 542 g/mol. The lowest BCUT2D eigenvalue weighted by Gasteiger charge is -2.24. The Morgan fingerprint density at radius 1 is 1.00 bits per heavy atom. The zero-order valence-corrected chi connectivity index (χ0v) is 20.6. The molecule has 196 valence electrons. The van der Waals surface area contributed by atoms with E-state index in [2.05, 4.69) is 11.6 Å². The van der Waals surface area contributed by atoms with Crippen LogP contribution in [0.2, 0.25) is 0 Å². The van der Waals surface area contributed by atoms with Crippen molar-refractivity contribution in [1.29, 1.82) is 0 Å². The minimum absolute atomic E-state index is 0.152. The summed E-state index contributed by atoms with van der Waals surface area (Å²) in [5.74, 6) is -1.40. The van der Waals surface area contributed by atoms with E-state index in [1.165, 1.54) is 36.5 Å². The number of hydrogen-bond acceptors (Lipinski definition) is 5. The molecular weight excluding hydrogens is 521 g/mol. The first-order chi connectivity index (χ1) is 18.0. The highest BCUT2D eigenvalue weighted by Gasteiger charge is 2.32. The van der Waals surface area contributed by atoms with Gasteiger partial charge >= 0.3 is 12.1 Å². The number of ether oxygens (including phenoxy) is 1. The molecule has 7 nitrogen and oxygen atoms in total. The molecule has 4 aromatic rings. The first-order valence-electron chi connectivity index (χ1n) is 11.2. The number of esters is 1. The van der Waals surface area contributed by atoms with Crippen LogP contribution in [-0.4, -0.2) is 38.3 Å². The van der Waals surface area contributed by atoms with Crippen LogP contribution < -0.4 is 4.31 Å². The van der Waals surface area contributed by atoms with Crippen LogP contribution in [0.4, 0.5) is 18.9 Å². The van der Waals surface area contributed by atoms with E-state index in [4.69, 9.17) is 4.74 Å². The number of nitrogens with one attached hydrogen (secondary N) is 1. The molecule has 0 unspecified atom stereocenters. The number of carbonyl (C=O) groups is 2. The molecule has 11 heteroatoms. The van der Waals surface area contributed by atoms with Gasteiger partial charge in [-0.05, 0) is 42.5 Å². The number of H-pyrrole nitrogens is 1. The lowest BCUT2D eigenvalue weighted by molar-refractivity contribution is -0.137. The van der Waals surface area contributed by atoms with Crippen LogP contribution in [0.1, 0.15) is 26.3 Å². The van der Waals surface area contributed by atoms with Gasteiger partial charge in [0.15, 0.2) is 6.61 Å². The fraction of sp³-hybridized carbons (Fsp3) is 0.111. The van der Waals surface area contributed by atoms with Gasteiger partial charge in [0, 0.05) is 22.7 Å². The Labute approximate surface area is 216 Å². The molecule has 3 aromatic carbocycles. The smallest absolute Gasteiger partial charge is 0.416 e. The maximum Gasteiger partial charge on any atom is 0.416 e. The Morgan fingerprint density at radius 3 is 2.47 bits per heavy atom. The molecule has 0 bridgehead atoms. The highest BCUT2D eigenvalue weighted by atomic mass is 32.2. The fourth-order valence-electron chi connectivity index (χ4n) is 3.80. The van der Waals surface area contributed by atoms with Crippen LogP contribution in [-0.2, 0) is 20.9 Å². The third-order valence-electron chi connectivity index (χ3n) is 5.64. The summed E-state index contributed by atoms with van der Waals surface area (Å²) in [7, 11) is -4.41. The SMILES string of the molecule is C=CCN(c1cccc(C(F)(F)F)c1)S(=O)(=O)c1cccc(C(=O)OCC(=O)c2c[nH]c3ccccc23)c1. The summed E-state index contributed by atoms with van der Waals surface area (Å²) in [5.41, 5.74) is -0.315. The normalized spacial score (nSPS) is 11.8. The van der Waals surface area contributed by atoms with Crippen LogP contribution in [0.25, 0.3) is 10.9 Å². The number of halogens is 3. The second kappa shape index (κ2) is 10.5. The van der Waals surface area contributed by atoms with Crippen molar-refractivity contribution >= 4 is 38.4 Å². The van der Waals surface area contributed by atoms with Crippen molar-refractivity contribution in [2.24, 2.45) is 0 Å². The molecule has 0 fully saturated rings. The van der Waals surface area contributed by atoms with Crippen LogP contribution in [0.5, 0.6) is 0 Å². The summed E-state index contributed by atoms with van der Waals surface area (Å²) in [5, 5.41) is 0.665. The predicted octanol–water partition coefficient (Wildman–Crippen LogP) is 5.61. The molecule has 0 radical (unpaired) electrons. The number of sulfonamides is 1. The van der Waals surface area contributed by atoms with Gasteiger partial charge in [-0.3, -0.25) is 9.10 Å². The number of alkyl halides is 3. The number of para-hydroxylation sites is 1. The Hall–Kier alpha value is -4.38. The molecule has 0 saturated heterocycles. The van der Waals surface area contributed by atoms with Crippen molar-refractivity contribution in [1.82, 2.24) is 4.98 Å². The molecule has 0 aliphatic rings. The van der Waals surface area contributed by atoms with Gasteiger partial charge in [-0.25, -0.2) is 13.2 Å². The number of ketones is 1. The first-order valence-corrected chi connectivity index (χ1v) is 12.6. The summed E-state index contributed by atoms with van der Waals surface area (Å²) in [4.78, 5) is 27.9. The number of anilines is 1. The van der Waals surface area contributed by atoms with Crippen LogP contribution in [0.15, 0.2) is 96.5 Å². The van der Waals surface area contributed by atoms with E-state index >= 15 is 0 Å². The van der Waals surface area contributed by atoms with E-state index in [9.17, 15) is 31.2 Å². The molecule has 0 aliphatic heterocycles. The summed E-state index contributed by atoms with van der Waals surface area (Å²) in [6.07, 6.45) is -1.93. The quantitative estimate of drug-likeness (QED) is 0.169. The summed E-state index contributed by atoms with van der Waals surface area (Å²) in [6.45, 7) is 2.59. The molecule has 4 rings (SSSR count). The second-order valence-electron chi connectivity index (χ2n) is 8.15. The standard InChI is InChI=1S/C27H21F3N2O5S/c1-2-13-32(20-9-6-8-19(15-20)27(28,29)30)38(35,36)21-10-5-7-18(14-21)26(34)37-17-25(33)23-16-31-24-12-4-3-11-22(23)24/h2-12,14-16,31H,1,13,17H2. The lowest BCUT2D eigenvalue weighted by atomic mass is 10.1. The van der Waals surface area contributed by atoms with Crippen molar-refractivity contribution < 1.29 is 35.9 Å². The third kappa shape index (κ3) is 5.47. The first kappa shape index (κ1) is 26.7. The van der Waals surface area contributed by atoms with Crippen molar-refractivity contribution in [3.05, 3.63) is 108 Å². The van der Waals surface area contributed by atoms with E-state index in [1.54, 1.807) is 24.3 Å². The molecule has 1 N–H and O–H groups in total.